The Morgan fingerprint density at radius 2 is 1.94 bits per heavy atom. The zero-order chi connectivity index (χ0) is 12.3. The van der Waals surface area contributed by atoms with Gasteiger partial charge < -0.3 is 9.84 Å². The molecule has 0 saturated carbocycles. The van der Waals surface area contributed by atoms with Gasteiger partial charge in [-0.25, -0.2) is 9.78 Å². The highest BCUT2D eigenvalue weighted by atomic mass is 79.9. The predicted octanol–water partition coefficient (Wildman–Crippen LogP) is 2.73. The van der Waals surface area contributed by atoms with Gasteiger partial charge in [0.25, 0.3) is 0 Å². The highest BCUT2D eigenvalue weighted by Gasteiger charge is 2.07. The number of benzene rings is 1. The second kappa shape index (κ2) is 4.92. The summed E-state index contributed by atoms with van der Waals surface area (Å²) < 4.78 is 6.24. The number of halogens is 1. The third kappa shape index (κ3) is 3.01. The van der Waals surface area contributed by atoms with Crippen molar-refractivity contribution in [2.45, 2.75) is 0 Å². The summed E-state index contributed by atoms with van der Waals surface area (Å²) in [6.07, 6.45) is 1.34. The Balaban J connectivity index is 2.21. The molecule has 86 valence electrons. The number of rotatable bonds is 3. The largest absolute Gasteiger partial charge is 0.477 e. The topological polar surface area (TPSA) is 72.3 Å². The lowest BCUT2D eigenvalue weighted by Gasteiger charge is -2.03. The van der Waals surface area contributed by atoms with Crippen LogP contribution in [-0.4, -0.2) is 21.0 Å². The van der Waals surface area contributed by atoms with E-state index in [1.807, 2.05) is 0 Å². The van der Waals surface area contributed by atoms with Crippen molar-refractivity contribution >= 4 is 21.9 Å². The van der Waals surface area contributed by atoms with E-state index in [4.69, 9.17) is 9.84 Å². The third-order valence-corrected chi connectivity index (χ3v) is 2.40. The lowest BCUT2D eigenvalue weighted by molar-refractivity contribution is 0.0689. The van der Waals surface area contributed by atoms with Gasteiger partial charge in [0, 0.05) is 10.7 Å². The van der Waals surface area contributed by atoms with Crippen LogP contribution in [-0.2, 0) is 0 Å². The molecule has 0 radical (unpaired) electrons. The Morgan fingerprint density at radius 1 is 1.24 bits per heavy atom. The van der Waals surface area contributed by atoms with Crippen LogP contribution in [0.25, 0.3) is 0 Å². The SMILES string of the molecule is O=C(O)c1ccnc(Oc2ccc(Br)cc2)n1. The molecule has 0 amide bonds. The molecule has 1 N–H and O–H groups in total. The standard InChI is InChI=1S/C11H7BrN2O3/c12-7-1-3-8(4-2-7)17-11-13-6-5-9(14-11)10(15)16/h1-6H,(H,15,16). The van der Waals surface area contributed by atoms with Crippen LogP contribution in [0.5, 0.6) is 11.8 Å². The summed E-state index contributed by atoms with van der Waals surface area (Å²) in [5, 5.41) is 8.76. The molecule has 0 bridgehead atoms. The molecule has 1 aromatic heterocycles. The van der Waals surface area contributed by atoms with Crippen molar-refractivity contribution in [3.63, 3.8) is 0 Å². The average Bonchev–Trinajstić information content (AvgIpc) is 2.32. The van der Waals surface area contributed by atoms with Gasteiger partial charge in [-0.05, 0) is 30.3 Å². The summed E-state index contributed by atoms with van der Waals surface area (Å²) in [5.41, 5.74) is -0.105. The Kier molecular flexibility index (Phi) is 3.34. The minimum absolute atomic E-state index is 0.00669. The quantitative estimate of drug-likeness (QED) is 0.942. The molecule has 2 aromatic rings. The molecule has 17 heavy (non-hydrogen) atoms. The van der Waals surface area contributed by atoms with Gasteiger partial charge in [0.15, 0.2) is 5.69 Å². The van der Waals surface area contributed by atoms with Gasteiger partial charge in [0.05, 0.1) is 0 Å². The summed E-state index contributed by atoms with van der Waals surface area (Å²) in [5.74, 6) is -0.580. The van der Waals surface area contributed by atoms with Crippen LogP contribution in [0.15, 0.2) is 41.0 Å². The number of carboxylic acids is 1. The Labute approximate surface area is 105 Å². The molecule has 0 aliphatic rings. The maximum atomic E-state index is 10.7. The van der Waals surface area contributed by atoms with Crippen LogP contribution < -0.4 is 4.74 Å². The van der Waals surface area contributed by atoms with Crippen molar-refractivity contribution in [1.82, 2.24) is 9.97 Å². The molecule has 0 fully saturated rings. The average molecular weight is 295 g/mol. The van der Waals surface area contributed by atoms with Crippen molar-refractivity contribution < 1.29 is 14.6 Å². The fraction of sp³-hybridized carbons (Fsp3) is 0. The number of hydrogen-bond donors (Lipinski definition) is 1. The van der Waals surface area contributed by atoms with Crippen molar-refractivity contribution in [2.75, 3.05) is 0 Å². The normalized spacial score (nSPS) is 9.94. The van der Waals surface area contributed by atoms with Crippen LogP contribution in [0.4, 0.5) is 0 Å². The summed E-state index contributed by atoms with van der Waals surface area (Å²) >= 11 is 3.30. The highest BCUT2D eigenvalue weighted by molar-refractivity contribution is 9.10. The number of carboxylic acid groups (broad SMARTS) is 1. The molecule has 0 aliphatic heterocycles. The molecule has 5 nitrogen and oxygen atoms in total. The van der Waals surface area contributed by atoms with E-state index in [0.717, 1.165) is 4.47 Å². The smallest absolute Gasteiger partial charge is 0.354 e. The lowest BCUT2D eigenvalue weighted by Crippen LogP contribution is -2.02. The minimum Gasteiger partial charge on any atom is -0.477 e. The summed E-state index contributed by atoms with van der Waals surface area (Å²) in [4.78, 5) is 18.3. The van der Waals surface area contributed by atoms with Gasteiger partial charge in [-0.2, -0.15) is 4.98 Å². The maximum absolute atomic E-state index is 10.7. The summed E-state index contributed by atoms with van der Waals surface area (Å²) in [6, 6.07) is 8.36. The van der Waals surface area contributed by atoms with Crippen molar-refractivity contribution in [2.24, 2.45) is 0 Å². The van der Waals surface area contributed by atoms with Gasteiger partial charge >= 0.3 is 12.0 Å². The second-order valence-corrected chi connectivity index (χ2v) is 4.00. The van der Waals surface area contributed by atoms with Crippen LogP contribution in [0.1, 0.15) is 10.5 Å². The maximum Gasteiger partial charge on any atom is 0.354 e. The van der Waals surface area contributed by atoms with Gasteiger partial charge in [0.2, 0.25) is 0 Å². The molecule has 1 aromatic carbocycles. The fourth-order valence-corrected chi connectivity index (χ4v) is 1.38. The molecule has 2 rings (SSSR count). The van der Waals surface area contributed by atoms with Crippen LogP contribution >= 0.6 is 15.9 Å². The molecule has 0 saturated heterocycles. The zero-order valence-corrected chi connectivity index (χ0v) is 10.1. The molecule has 1 heterocycles. The molecular weight excluding hydrogens is 288 g/mol. The van der Waals surface area contributed by atoms with Crippen LogP contribution in [0.2, 0.25) is 0 Å². The number of aromatic carboxylic acids is 1. The van der Waals surface area contributed by atoms with E-state index < -0.39 is 5.97 Å². The van der Waals surface area contributed by atoms with E-state index in [2.05, 4.69) is 25.9 Å². The van der Waals surface area contributed by atoms with Gasteiger partial charge in [-0.1, -0.05) is 15.9 Å². The van der Waals surface area contributed by atoms with Gasteiger partial charge in [-0.3, -0.25) is 0 Å². The molecule has 0 spiro atoms. The number of aromatic nitrogens is 2. The van der Waals surface area contributed by atoms with Gasteiger partial charge in [-0.15, -0.1) is 0 Å². The van der Waals surface area contributed by atoms with E-state index in [9.17, 15) is 4.79 Å². The highest BCUT2D eigenvalue weighted by Crippen LogP contribution is 2.20. The first-order valence-electron chi connectivity index (χ1n) is 4.65. The van der Waals surface area contributed by atoms with E-state index in [1.54, 1.807) is 24.3 Å². The molecule has 0 aliphatic carbocycles. The lowest BCUT2D eigenvalue weighted by atomic mass is 10.3. The van der Waals surface area contributed by atoms with E-state index >= 15 is 0 Å². The molecule has 0 unspecified atom stereocenters. The zero-order valence-electron chi connectivity index (χ0n) is 8.50. The Morgan fingerprint density at radius 3 is 2.59 bits per heavy atom. The summed E-state index contributed by atoms with van der Waals surface area (Å²) in [7, 11) is 0. The van der Waals surface area contributed by atoms with Gasteiger partial charge in [0.1, 0.15) is 5.75 Å². The van der Waals surface area contributed by atoms with Crippen LogP contribution in [0, 0.1) is 0 Å². The Bertz CT molecular complexity index is 543. The van der Waals surface area contributed by atoms with E-state index in [1.165, 1.54) is 12.3 Å². The summed E-state index contributed by atoms with van der Waals surface area (Å²) in [6.45, 7) is 0. The van der Waals surface area contributed by atoms with Crippen molar-refractivity contribution in [3.05, 3.63) is 46.7 Å². The number of hydrogen-bond acceptors (Lipinski definition) is 4. The third-order valence-electron chi connectivity index (χ3n) is 1.88. The Hall–Kier alpha value is -1.95. The first-order chi connectivity index (χ1) is 8.15. The molecule has 6 heteroatoms. The number of carbonyl (C=O) groups is 1. The van der Waals surface area contributed by atoms with E-state index in [-0.39, 0.29) is 11.7 Å². The minimum atomic E-state index is -1.12. The first kappa shape index (κ1) is 11.5. The van der Waals surface area contributed by atoms with Crippen molar-refractivity contribution in [1.29, 1.82) is 0 Å². The number of ether oxygens (including phenoxy) is 1. The molecule has 0 atom stereocenters. The number of nitrogens with zero attached hydrogens (tertiary/aromatic N) is 2. The second-order valence-electron chi connectivity index (χ2n) is 3.09. The predicted molar refractivity (Wildman–Crippen MR) is 63.2 cm³/mol. The van der Waals surface area contributed by atoms with Crippen LogP contribution in [0.3, 0.4) is 0 Å². The molecular formula is C11H7BrN2O3. The monoisotopic (exact) mass is 294 g/mol. The van der Waals surface area contributed by atoms with Crippen molar-refractivity contribution in [3.8, 4) is 11.8 Å². The fourth-order valence-electron chi connectivity index (χ4n) is 1.12. The first-order valence-corrected chi connectivity index (χ1v) is 5.44. The van der Waals surface area contributed by atoms with E-state index in [0.29, 0.717) is 5.75 Å².